The van der Waals surface area contributed by atoms with Crippen LogP contribution in [-0.4, -0.2) is 410 Å². The van der Waals surface area contributed by atoms with E-state index in [2.05, 4.69) is 69.1 Å². The van der Waals surface area contributed by atoms with Crippen LogP contribution >= 0.6 is 0 Å². The number of nitrogens with one attached hydrogen (secondary N) is 13. The summed E-state index contributed by atoms with van der Waals surface area (Å²) < 4.78 is 28.2. The number of hydrogen-bond donors (Lipinski definition) is 23. The predicted octanol–water partition coefficient (Wildman–Crippen LogP) is -7.60. The first-order valence-corrected chi connectivity index (χ1v) is 46.4. The first-order chi connectivity index (χ1) is 64.9. The highest BCUT2D eigenvalue weighted by atomic mass is 16.6. The number of likely N-dealkylation sites (tertiary alicyclic amines) is 1. The second kappa shape index (κ2) is 64.8. The van der Waals surface area contributed by atoms with E-state index in [1.165, 1.54) is 21.1 Å². The second-order valence-electron chi connectivity index (χ2n) is 36.4. The van der Waals surface area contributed by atoms with Gasteiger partial charge in [0, 0.05) is 99.1 Å². The molecule has 0 aromatic heterocycles. The molecular weight excluding hydrogens is 1820 g/mol. The molecule has 15 amide bonds. The maximum absolute atomic E-state index is 14.7. The Bertz CT molecular complexity index is 3990. The lowest BCUT2D eigenvalue weighted by Crippen LogP contribution is -2.59. The number of carbonyl (C=O) groups is 17. The van der Waals surface area contributed by atoms with Gasteiger partial charge >= 0.3 is 12.1 Å². The van der Waals surface area contributed by atoms with E-state index < -0.39 is 283 Å². The fourth-order valence-corrected chi connectivity index (χ4v) is 14.7. The number of ether oxygens (including phenoxy) is 5. The number of hydrogen-bond acceptors (Lipinski definition) is 33. The van der Waals surface area contributed by atoms with Crippen molar-refractivity contribution in [3.63, 3.8) is 0 Å². The Balaban J connectivity index is 2.22. The van der Waals surface area contributed by atoms with Gasteiger partial charge in [0.2, 0.25) is 82.7 Å². The van der Waals surface area contributed by atoms with Crippen LogP contribution in [0.1, 0.15) is 152 Å². The molecule has 1 fully saturated rings. The number of nitrogens with zero attached hydrogens (tertiary/aromatic N) is 3. The van der Waals surface area contributed by atoms with E-state index >= 15 is 0 Å². The molecule has 1 saturated heterocycles. The topological polar surface area (TPSA) is 705 Å². The Morgan fingerprint density at radius 1 is 0.522 bits per heavy atom. The van der Waals surface area contributed by atoms with Crippen molar-refractivity contribution >= 4 is 101 Å². The van der Waals surface area contributed by atoms with Gasteiger partial charge in [0.1, 0.15) is 67.4 Å². The number of amides is 15. The largest absolute Gasteiger partial charge is 0.464 e. The maximum atomic E-state index is 14.7. The van der Waals surface area contributed by atoms with Gasteiger partial charge in [0.25, 0.3) is 0 Å². The molecule has 1 aliphatic rings. The summed E-state index contributed by atoms with van der Waals surface area (Å²) in [6.45, 7) is 12.6. The third-order valence-electron chi connectivity index (χ3n) is 22.8. The van der Waals surface area contributed by atoms with E-state index in [0.29, 0.717) is 38.0 Å². The first kappa shape index (κ1) is 124. The summed E-state index contributed by atoms with van der Waals surface area (Å²) in [5.74, 6) is -15.2. The van der Waals surface area contributed by atoms with Gasteiger partial charge in [-0.25, -0.2) is 9.59 Å². The van der Waals surface area contributed by atoms with Crippen molar-refractivity contribution in [2.24, 2.45) is 35.0 Å². The number of alkyl carbamates (subject to hydrolysis) is 1. The van der Waals surface area contributed by atoms with Gasteiger partial charge < -0.3 is 154 Å². The average molecular weight is 1970 g/mol. The standard InChI is InChI=1S/C90H154N16O32/c1-17-52(6)76(105(14)87(131)74(50(2)3)103-86(130)75(51(4)5)104(12)13)65(134-15)39-73(121)106-34-21-25-60(106)81(135-16)53(7)82(126)102-59(37-55-23-19-18-20-24-55)85(129)92-31-22-35-137-88(132)54(8)100-69(117)29-33-93-89(133)138-48-56(38-57(109)40-94-70(118)44-97-72(120)45-98-71(119)43-96-67(115)28-32-91-68(116)30-36-136-49-90(9,10)11)83(127)101-58(84(128)99-42-62(111)78(123)80(125)64(113)47-108)26-27-66(114)95-41-61(110)77(122)79(124)63(112)46-107/h18-20,23-24,50-54,56,58-65,74-81,107-108,110-113,122-125H,17,21-22,25-49H2,1-16H3,(H,91,116)(H,92,129)(H,93,133)(H,94,118)(H,95,114)(H,96,115)(H,97,120)(H,98,119)(H,99,128)(H,100,117)(H,101,127)(H,102,126)(H,103,130)/t52-,53+,54-,56-,58-,59-,60-,61-,62-,63+,64+,65+,74-,75-,76-,77+,78+,79+,80+,81+/m0/s1. The van der Waals surface area contributed by atoms with Gasteiger partial charge in [0.05, 0.1) is 120 Å². The minimum absolute atomic E-state index is 0.0401. The molecule has 0 bridgehead atoms. The van der Waals surface area contributed by atoms with Crippen molar-refractivity contribution < 1.29 is 156 Å². The quantitative estimate of drug-likeness (QED) is 0.0213. The van der Waals surface area contributed by atoms with Crippen LogP contribution in [0.15, 0.2) is 30.3 Å². The number of Topliss-reactive ketones (excluding diaryl/α,β-unsaturated/α-hetero) is 1. The van der Waals surface area contributed by atoms with Crippen LogP contribution in [0.4, 0.5) is 4.79 Å². The Kier molecular flexibility index (Phi) is 58.1. The van der Waals surface area contributed by atoms with E-state index in [4.69, 9.17) is 28.8 Å². The fourth-order valence-electron chi connectivity index (χ4n) is 14.7. The van der Waals surface area contributed by atoms with E-state index in [0.717, 1.165) is 0 Å². The summed E-state index contributed by atoms with van der Waals surface area (Å²) in [6, 6.07) is 1.98. The highest BCUT2D eigenvalue weighted by Crippen LogP contribution is 2.31. The molecule has 1 aliphatic heterocycles. The molecule has 23 N–H and O–H groups in total. The zero-order valence-electron chi connectivity index (χ0n) is 82.2. The van der Waals surface area contributed by atoms with Crippen LogP contribution in [0.25, 0.3) is 0 Å². The molecule has 0 spiro atoms. The lowest BCUT2D eigenvalue weighted by Gasteiger charge is -2.41. The minimum Gasteiger partial charge on any atom is -0.464 e. The van der Waals surface area contributed by atoms with Crippen molar-refractivity contribution in [3.8, 4) is 0 Å². The summed E-state index contributed by atoms with van der Waals surface area (Å²) in [5.41, 5.74) is 0.605. The molecule has 138 heavy (non-hydrogen) atoms. The Labute approximate surface area is 805 Å². The third kappa shape index (κ3) is 46.2. The van der Waals surface area contributed by atoms with E-state index in [1.807, 2.05) is 67.2 Å². The van der Waals surface area contributed by atoms with E-state index in [-0.39, 0.29) is 105 Å². The smallest absolute Gasteiger partial charge is 0.407 e. The predicted molar refractivity (Wildman–Crippen MR) is 495 cm³/mol. The molecule has 2 rings (SSSR count). The first-order valence-electron chi connectivity index (χ1n) is 46.4. The Morgan fingerprint density at radius 3 is 1.59 bits per heavy atom. The van der Waals surface area contributed by atoms with Crippen molar-refractivity contribution in [2.45, 2.75) is 257 Å². The van der Waals surface area contributed by atoms with Gasteiger partial charge in [-0.2, -0.15) is 0 Å². The fraction of sp³-hybridized carbons (Fsp3) is 0.744. The molecular formula is C90H154N16O32. The molecule has 0 aliphatic carbocycles. The monoisotopic (exact) mass is 1970 g/mol. The number of aliphatic hydroxyl groups is 10. The van der Waals surface area contributed by atoms with Crippen molar-refractivity contribution in [3.05, 3.63) is 35.9 Å². The van der Waals surface area contributed by atoms with Crippen LogP contribution in [-0.2, 0) is 107 Å². The molecule has 0 radical (unpaired) electrons. The molecule has 1 aromatic rings. The number of ketones is 1. The summed E-state index contributed by atoms with van der Waals surface area (Å²) >= 11 is 0. The maximum Gasteiger partial charge on any atom is 0.407 e. The van der Waals surface area contributed by atoms with Gasteiger partial charge in [0.15, 0.2) is 5.78 Å². The second-order valence-corrected chi connectivity index (χ2v) is 36.4. The zero-order valence-corrected chi connectivity index (χ0v) is 82.2. The lowest BCUT2D eigenvalue weighted by atomic mass is 9.89. The van der Waals surface area contributed by atoms with Crippen LogP contribution in [0.3, 0.4) is 0 Å². The van der Waals surface area contributed by atoms with E-state index in [9.17, 15) is 127 Å². The molecule has 48 nitrogen and oxygen atoms in total. The third-order valence-corrected chi connectivity index (χ3v) is 22.8. The molecule has 1 aromatic carbocycles. The highest BCUT2D eigenvalue weighted by molar-refractivity contribution is 5.95. The van der Waals surface area contributed by atoms with Crippen LogP contribution < -0.4 is 69.1 Å². The van der Waals surface area contributed by atoms with Crippen LogP contribution in [0, 0.1) is 35.0 Å². The van der Waals surface area contributed by atoms with Crippen LogP contribution in [0.2, 0.25) is 0 Å². The number of carbonyl (C=O) groups excluding carboxylic acids is 17. The van der Waals surface area contributed by atoms with Crippen molar-refractivity contribution in [1.29, 1.82) is 0 Å². The van der Waals surface area contributed by atoms with Crippen molar-refractivity contribution in [2.75, 3.05) is 140 Å². The average Bonchev–Trinajstić information content (AvgIpc) is 1.66. The number of likely N-dealkylation sites (N-methyl/N-ethyl adjacent to an activating group) is 2. The van der Waals surface area contributed by atoms with E-state index in [1.54, 1.807) is 68.2 Å². The summed E-state index contributed by atoms with van der Waals surface area (Å²) in [5, 5.41) is 131. The van der Waals surface area contributed by atoms with Gasteiger partial charge in [-0.15, -0.1) is 0 Å². The summed E-state index contributed by atoms with van der Waals surface area (Å²) in [6.07, 6.45) is -20.9. The molecule has 0 unspecified atom stereocenters. The number of rotatable bonds is 67. The molecule has 1 heterocycles. The van der Waals surface area contributed by atoms with Crippen LogP contribution in [0.5, 0.6) is 0 Å². The van der Waals surface area contributed by atoms with Crippen molar-refractivity contribution in [1.82, 2.24) is 83.8 Å². The van der Waals surface area contributed by atoms with Gasteiger partial charge in [-0.1, -0.05) is 106 Å². The molecule has 786 valence electrons. The minimum atomic E-state index is -2.22. The van der Waals surface area contributed by atoms with Gasteiger partial charge in [-0.3, -0.25) is 76.8 Å². The highest BCUT2D eigenvalue weighted by Gasteiger charge is 2.45. The summed E-state index contributed by atoms with van der Waals surface area (Å²) in [4.78, 5) is 233. The Morgan fingerprint density at radius 2 is 1.05 bits per heavy atom. The molecule has 0 saturated carbocycles. The molecule has 48 heteroatoms. The summed E-state index contributed by atoms with van der Waals surface area (Å²) in [7, 11) is 8.19. The number of esters is 1. The van der Waals surface area contributed by atoms with Gasteiger partial charge in [-0.05, 0) is 75.4 Å². The SMILES string of the molecule is CC[C@H](C)[C@@H]([C@@H](CC(=O)N1CCC[C@H]1[C@H](OC)[C@@H](C)C(=O)N[C@@H](Cc1ccccc1)C(=O)NCCCOC(=O)[C@H](C)NC(=O)CCNC(=O)OC[C@H](CC(=O)CNC(=O)CNC(=O)CNC(=O)CNC(=O)CCNC(=O)CCOCC(C)(C)C)C(=O)N[C@@H](CCC(=O)NC[C@H](O)[C@@H](O)[C@H](O)[C@H](O)CO)C(=O)NC[C@H](O)[C@@H](O)[C@H](O)[C@H](O)CO)OC)N(C)C(=O)[C@@H](NC(=O)[C@H](C(C)C)N(C)C)C(C)C. The Hall–Kier alpha value is -10.3. The lowest BCUT2D eigenvalue weighted by molar-refractivity contribution is -0.148. The molecule has 20 atom stereocenters. The zero-order chi connectivity index (χ0) is 104. The number of aliphatic hydroxyl groups excluding tert-OH is 10. The normalized spacial score (nSPS) is 16.8. The number of methoxy groups -OCH3 is 2. The number of benzene rings is 1.